The Hall–Kier alpha value is -2.14. The maximum Gasteiger partial charge on any atom is 0.328 e. The molecule has 1 aromatic heterocycles. The summed E-state index contributed by atoms with van der Waals surface area (Å²) in [6.07, 6.45) is 2.54. The maximum atomic E-state index is 10.4. The lowest BCUT2D eigenvalue weighted by molar-refractivity contribution is -0.131. The molecule has 1 aromatic carbocycles. The van der Waals surface area contributed by atoms with Crippen LogP contribution in [-0.4, -0.2) is 23.2 Å². The van der Waals surface area contributed by atoms with Crippen molar-refractivity contribution in [2.24, 2.45) is 0 Å². The minimum absolute atomic E-state index is 0.628. The lowest BCUT2D eigenvalue weighted by atomic mass is 10.2. The summed E-state index contributed by atoms with van der Waals surface area (Å²) in [5.41, 5.74) is 1.53. The van der Waals surface area contributed by atoms with Crippen LogP contribution in [0.25, 0.3) is 16.6 Å². The molecule has 0 radical (unpaired) electrons. The standard InChI is InChI=1S/C13H11NO3S/c1-17-11-5-3-2-4-10(11)13-14-9(8-18-13)6-7-12(15)16/h2-8H,1H3,(H,15,16)/b7-6+. The van der Waals surface area contributed by atoms with Gasteiger partial charge in [-0.2, -0.15) is 0 Å². The van der Waals surface area contributed by atoms with Crippen molar-refractivity contribution < 1.29 is 14.6 Å². The van der Waals surface area contributed by atoms with E-state index in [2.05, 4.69) is 4.98 Å². The Kier molecular flexibility index (Phi) is 3.74. The van der Waals surface area contributed by atoms with Crippen molar-refractivity contribution in [3.8, 4) is 16.3 Å². The van der Waals surface area contributed by atoms with Crippen LogP contribution in [0.4, 0.5) is 0 Å². The monoisotopic (exact) mass is 261 g/mol. The summed E-state index contributed by atoms with van der Waals surface area (Å²) in [5, 5.41) is 11.2. The smallest absolute Gasteiger partial charge is 0.328 e. The zero-order valence-electron chi connectivity index (χ0n) is 9.66. The van der Waals surface area contributed by atoms with E-state index in [1.807, 2.05) is 24.3 Å². The Morgan fingerprint density at radius 1 is 1.44 bits per heavy atom. The molecular weight excluding hydrogens is 250 g/mol. The Bertz CT molecular complexity index is 589. The first-order valence-electron chi connectivity index (χ1n) is 5.20. The van der Waals surface area contributed by atoms with Gasteiger partial charge in [-0.1, -0.05) is 12.1 Å². The van der Waals surface area contributed by atoms with Crippen molar-refractivity contribution in [1.29, 1.82) is 0 Å². The molecule has 0 aliphatic heterocycles. The van der Waals surface area contributed by atoms with Crippen LogP contribution < -0.4 is 4.74 Å². The van der Waals surface area contributed by atoms with Crippen LogP contribution in [0.5, 0.6) is 5.75 Å². The lowest BCUT2D eigenvalue weighted by Crippen LogP contribution is -1.87. The maximum absolute atomic E-state index is 10.4. The van der Waals surface area contributed by atoms with Gasteiger partial charge in [-0.3, -0.25) is 0 Å². The highest BCUT2D eigenvalue weighted by molar-refractivity contribution is 7.13. The molecule has 0 amide bonds. The third kappa shape index (κ3) is 2.75. The topological polar surface area (TPSA) is 59.4 Å². The summed E-state index contributed by atoms with van der Waals surface area (Å²) in [5.74, 6) is -0.234. The molecule has 92 valence electrons. The Balaban J connectivity index is 2.32. The number of methoxy groups -OCH3 is 1. The summed E-state index contributed by atoms with van der Waals surface area (Å²) in [6, 6.07) is 7.58. The second-order valence-corrected chi connectivity index (χ2v) is 4.31. The van der Waals surface area contributed by atoms with Gasteiger partial charge in [0.05, 0.1) is 18.4 Å². The van der Waals surface area contributed by atoms with Gasteiger partial charge in [-0.05, 0) is 18.2 Å². The first-order chi connectivity index (χ1) is 8.70. The van der Waals surface area contributed by atoms with Crippen LogP contribution in [0, 0.1) is 0 Å². The van der Waals surface area contributed by atoms with Gasteiger partial charge in [0.1, 0.15) is 10.8 Å². The van der Waals surface area contributed by atoms with E-state index in [0.717, 1.165) is 22.4 Å². The van der Waals surface area contributed by atoms with E-state index in [9.17, 15) is 4.79 Å². The highest BCUT2D eigenvalue weighted by Crippen LogP contribution is 2.31. The molecule has 4 nitrogen and oxygen atoms in total. The van der Waals surface area contributed by atoms with Gasteiger partial charge in [0.2, 0.25) is 0 Å². The van der Waals surface area contributed by atoms with E-state index >= 15 is 0 Å². The summed E-state index contributed by atoms with van der Waals surface area (Å²) < 4.78 is 5.26. The number of hydrogen-bond acceptors (Lipinski definition) is 4. The fourth-order valence-corrected chi connectivity index (χ4v) is 2.28. The average molecular weight is 261 g/mol. The summed E-state index contributed by atoms with van der Waals surface area (Å²) >= 11 is 1.45. The number of para-hydroxylation sites is 1. The van der Waals surface area contributed by atoms with E-state index in [1.54, 1.807) is 12.5 Å². The number of benzene rings is 1. The predicted octanol–water partition coefficient (Wildman–Crippen LogP) is 2.92. The van der Waals surface area contributed by atoms with Crippen molar-refractivity contribution >= 4 is 23.4 Å². The van der Waals surface area contributed by atoms with Gasteiger partial charge in [0, 0.05) is 11.5 Å². The molecule has 1 N–H and O–H groups in total. The molecule has 0 spiro atoms. The largest absolute Gasteiger partial charge is 0.496 e. The Morgan fingerprint density at radius 2 is 2.22 bits per heavy atom. The second-order valence-electron chi connectivity index (χ2n) is 3.45. The first-order valence-corrected chi connectivity index (χ1v) is 6.08. The van der Waals surface area contributed by atoms with Crippen LogP contribution in [-0.2, 0) is 4.79 Å². The number of aliphatic carboxylic acids is 1. The first kappa shape index (κ1) is 12.3. The van der Waals surface area contributed by atoms with Crippen LogP contribution in [0.2, 0.25) is 0 Å². The molecule has 0 fully saturated rings. The van der Waals surface area contributed by atoms with Crippen molar-refractivity contribution in [3.05, 3.63) is 41.4 Å². The zero-order valence-corrected chi connectivity index (χ0v) is 10.5. The zero-order chi connectivity index (χ0) is 13.0. The third-order valence-electron chi connectivity index (χ3n) is 2.26. The van der Waals surface area contributed by atoms with E-state index in [1.165, 1.54) is 17.4 Å². The number of rotatable bonds is 4. The highest BCUT2D eigenvalue weighted by atomic mass is 32.1. The fourth-order valence-electron chi connectivity index (χ4n) is 1.46. The molecule has 18 heavy (non-hydrogen) atoms. The van der Waals surface area contributed by atoms with Crippen molar-refractivity contribution in [2.45, 2.75) is 0 Å². The summed E-state index contributed by atoms with van der Waals surface area (Å²) in [4.78, 5) is 14.8. The quantitative estimate of drug-likeness (QED) is 0.860. The normalized spacial score (nSPS) is 10.7. The van der Waals surface area contributed by atoms with Crippen LogP contribution in [0.3, 0.4) is 0 Å². The summed E-state index contributed by atoms with van der Waals surface area (Å²) in [6.45, 7) is 0. The molecule has 0 aliphatic carbocycles. The molecule has 0 saturated carbocycles. The van der Waals surface area contributed by atoms with Gasteiger partial charge in [0.15, 0.2) is 0 Å². The van der Waals surface area contributed by atoms with Gasteiger partial charge in [0.25, 0.3) is 0 Å². The van der Waals surface area contributed by atoms with Crippen molar-refractivity contribution in [3.63, 3.8) is 0 Å². The average Bonchev–Trinajstić information content (AvgIpc) is 2.85. The SMILES string of the molecule is COc1ccccc1-c1nc(/C=C/C(=O)O)cs1. The molecule has 0 saturated heterocycles. The van der Waals surface area contributed by atoms with E-state index in [4.69, 9.17) is 9.84 Å². The highest BCUT2D eigenvalue weighted by Gasteiger charge is 2.08. The lowest BCUT2D eigenvalue weighted by Gasteiger charge is -2.04. The van der Waals surface area contributed by atoms with Gasteiger partial charge < -0.3 is 9.84 Å². The Morgan fingerprint density at radius 3 is 2.94 bits per heavy atom. The van der Waals surface area contributed by atoms with Crippen molar-refractivity contribution in [1.82, 2.24) is 4.98 Å². The molecule has 0 aliphatic rings. The number of carboxylic acids is 1. The molecule has 0 bridgehead atoms. The van der Waals surface area contributed by atoms with Crippen LogP contribution >= 0.6 is 11.3 Å². The number of aromatic nitrogens is 1. The third-order valence-corrected chi connectivity index (χ3v) is 3.15. The number of nitrogens with zero attached hydrogens (tertiary/aromatic N) is 1. The second kappa shape index (κ2) is 5.46. The molecule has 2 aromatic rings. The van der Waals surface area contributed by atoms with Crippen LogP contribution in [0.15, 0.2) is 35.7 Å². The summed E-state index contributed by atoms with van der Waals surface area (Å²) in [7, 11) is 1.61. The minimum atomic E-state index is -0.984. The number of thiazole rings is 1. The number of hydrogen-bond donors (Lipinski definition) is 1. The number of ether oxygens (including phenoxy) is 1. The van der Waals surface area contributed by atoms with Crippen LogP contribution in [0.1, 0.15) is 5.69 Å². The molecule has 0 atom stereocenters. The molecule has 2 rings (SSSR count). The molecule has 1 heterocycles. The van der Waals surface area contributed by atoms with E-state index < -0.39 is 5.97 Å². The van der Waals surface area contributed by atoms with Gasteiger partial charge in [-0.15, -0.1) is 11.3 Å². The molecule has 5 heteroatoms. The predicted molar refractivity (Wildman–Crippen MR) is 70.8 cm³/mol. The number of carbonyl (C=O) groups is 1. The van der Waals surface area contributed by atoms with Crippen molar-refractivity contribution in [2.75, 3.05) is 7.11 Å². The van der Waals surface area contributed by atoms with Gasteiger partial charge >= 0.3 is 5.97 Å². The number of carboxylic acid groups (broad SMARTS) is 1. The Labute approximate surface area is 108 Å². The minimum Gasteiger partial charge on any atom is -0.496 e. The molecule has 0 unspecified atom stereocenters. The fraction of sp³-hybridized carbons (Fsp3) is 0.0769. The molecular formula is C13H11NO3S. The van der Waals surface area contributed by atoms with Gasteiger partial charge in [-0.25, -0.2) is 9.78 Å². The van der Waals surface area contributed by atoms with E-state index in [-0.39, 0.29) is 0 Å². The van der Waals surface area contributed by atoms with E-state index in [0.29, 0.717) is 5.69 Å².